The van der Waals surface area contributed by atoms with Crippen LogP contribution in [0.4, 0.5) is 5.82 Å². The van der Waals surface area contributed by atoms with Gasteiger partial charge in [0.05, 0.1) is 5.69 Å². The molecule has 2 N–H and O–H groups in total. The molecule has 94 valence electrons. The van der Waals surface area contributed by atoms with E-state index in [1.54, 1.807) is 0 Å². The van der Waals surface area contributed by atoms with Gasteiger partial charge in [0.15, 0.2) is 0 Å². The van der Waals surface area contributed by atoms with Crippen molar-refractivity contribution in [3.63, 3.8) is 0 Å². The van der Waals surface area contributed by atoms with E-state index in [-0.39, 0.29) is 0 Å². The number of nitrogens with zero attached hydrogens (tertiary/aromatic N) is 2. The highest BCUT2D eigenvalue weighted by molar-refractivity contribution is 5.63. The van der Waals surface area contributed by atoms with Crippen molar-refractivity contribution in [2.24, 2.45) is 0 Å². The van der Waals surface area contributed by atoms with Crippen molar-refractivity contribution in [2.75, 3.05) is 25.5 Å². The highest BCUT2D eigenvalue weighted by Crippen LogP contribution is 2.20. The van der Waals surface area contributed by atoms with Crippen LogP contribution in [0.15, 0.2) is 36.4 Å². The quantitative estimate of drug-likeness (QED) is 0.788. The first-order valence-electron chi connectivity index (χ1n) is 6.09. The number of hydrogen-bond donors (Lipinski definition) is 2. The van der Waals surface area contributed by atoms with Gasteiger partial charge in [-0.2, -0.15) is 0 Å². The van der Waals surface area contributed by atoms with Crippen molar-refractivity contribution in [1.29, 1.82) is 0 Å². The summed E-state index contributed by atoms with van der Waals surface area (Å²) in [7, 11) is 1.93. The maximum Gasteiger partial charge on any atom is 0.148 e. The Hall–Kier alpha value is -1.94. The molecule has 0 aliphatic rings. The van der Waals surface area contributed by atoms with Crippen LogP contribution < -0.4 is 10.6 Å². The van der Waals surface area contributed by atoms with Gasteiger partial charge in [-0.15, -0.1) is 10.2 Å². The third kappa shape index (κ3) is 3.05. The Kier molecular flexibility index (Phi) is 4.25. The number of aromatic nitrogens is 2. The van der Waals surface area contributed by atoms with Crippen LogP contribution in [0.1, 0.15) is 5.56 Å². The Labute approximate surface area is 107 Å². The number of aryl methyl sites for hydroxylation is 1. The lowest BCUT2D eigenvalue weighted by molar-refractivity contribution is 0.818. The molecular formula is C14H18N4. The summed E-state index contributed by atoms with van der Waals surface area (Å²) in [6.45, 7) is 3.83. The highest BCUT2D eigenvalue weighted by atomic mass is 15.2. The molecule has 0 fully saturated rings. The Balaban J connectivity index is 2.10. The molecule has 4 nitrogen and oxygen atoms in total. The van der Waals surface area contributed by atoms with Gasteiger partial charge in [-0.3, -0.25) is 0 Å². The van der Waals surface area contributed by atoms with Gasteiger partial charge in [0, 0.05) is 18.7 Å². The van der Waals surface area contributed by atoms with E-state index in [2.05, 4.69) is 39.9 Å². The largest absolute Gasteiger partial charge is 0.367 e. The minimum atomic E-state index is 0.808. The van der Waals surface area contributed by atoms with E-state index in [0.29, 0.717) is 0 Å². The molecule has 1 heterocycles. The molecule has 1 aromatic carbocycles. The first kappa shape index (κ1) is 12.5. The van der Waals surface area contributed by atoms with Gasteiger partial charge < -0.3 is 10.6 Å². The molecule has 4 heteroatoms. The summed E-state index contributed by atoms with van der Waals surface area (Å²) in [5.74, 6) is 0.808. The Morgan fingerprint density at radius 3 is 2.50 bits per heavy atom. The fourth-order valence-electron chi connectivity index (χ4n) is 1.75. The van der Waals surface area contributed by atoms with Gasteiger partial charge in [0.25, 0.3) is 0 Å². The van der Waals surface area contributed by atoms with Gasteiger partial charge in [-0.25, -0.2) is 0 Å². The predicted octanol–water partition coefficient (Wildman–Crippen LogP) is 2.08. The van der Waals surface area contributed by atoms with Gasteiger partial charge in [0.1, 0.15) is 5.82 Å². The molecule has 0 saturated carbocycles. The number of likely N-dealkylation sites (N-methyl/N-ethyl adjacent to an activating group) is 1. The summed E-state index contributed by atoms with van der Waals surface area (Å²) in [5.41, 5.74) is 3.25. The lowest BCUT2D eigenvalue weighted by Crippen LogP contribution is -2.18. The highest BCUT2D eigenvalue weighted by Gasteiger charge is 2.03. The maximum absolute atomic E-state index is 4.26. The second-order valence-electron chi connectivity index (χ2n) is 4.15. The zero-order chi connectivity index (χ0) is 12.8. The van der Waals surface area contributed by atoms with Gasteiger partial charge in [-0.1, -0.05) is 24.3 Å². The van der Waals surface area contributed by atoms with Crippen LogP contribution in [0.2, 0.25) is 0 Å². The molecular weight excluding hydrogens is 224 g/mol. The van der Waals surface area contributed by atoms with Crippen LogP contribution in [-0.2, 0) is 0 Å². The van der Waals surface area contributed by atoms with Crippen molar-refractivity contribution in [2.45, 2.75) is 6.92 Å². The van der Waals surface area contributed by atoms with Gasteiger partial charge in [-0.05, 0) is 31.7 Å². The molecule has 0 atom stereocenters. The van der Waals surface area contributed by atoms with Crippen molar-refractivity contribution in [3.05, 3.63) is 42.0 Å². The Bertz CT molecular complexity index is 493. The average Bonchev–Trinajstić information content (AvgIpc) is 2.41. The third-order valence-corrected chi connectivity index (χ3v) is 2.77. The molecule has 18 heavy (non-hydrogen) atoms. The van der Waals surface area contributed by atoms with Gasteiger partial charge in [0.2, 0.25) is 0 Å². The van der Waals surface area contributed by atoms with E-state index >= 15 is 0 Å². The van der Waals surface area contributed by atoms with Crippen molar-refractivity contribution in [1.82, 2.24) is 15.5 Å². The number of benzene rings is 1. The second kappa shape index (κ2) is 6.12. The second-order valence-corrected chi connectivity index (χ2v) is 4.15. The molecule has 0 bridgehead atoms. The Morgan fingerprint density at radius 1 is 1.00 bits per heavy atom. The summed E-state index contributed by atoms with van der Waals surface area (Å²) < 4.78 is 0. The predicted molar refractivity (Wildman–Crippen MR) is 74.6 cm³/mol. The molecule has 0 aliphatic carbocycles. The third-order valence-electron chi connectivity index (χ3n) is 2.77. The van der Waals surface area contributed by atoms with E-state index in [4.69, 9.17) is 0 Å². The fourth-order valence-corrected chi connectivity index (χ4v) is 1.75. The van der Waals surface area contributed by atoms with Crippen LogP contribution in [0.3, 0.4) is 0 Å². The van der Waals surface area contributed by atoms with Gasteiger partial charge >= 0.3 is 0 Å². The SMILES string of the molecule is CNCCNc1ccc(-c2ccccc2C)nn1. The first-order valence-corrected chi connectivity index (χ1v) is 6.09. The Morgan fingerprint density at radius 2 is 1.83 bits per heavy atom. The van der Waals surface area contributed by atoms with E-state index in [1.807, 2.05) is 31.3 Å². The van der Waals surface area contributed by atoms with Crippen molar-refractivity contribution < 1.29 is 0 Å². The van der Waals surface area contributed by atoms with E-state index in [9.17, 15) is 0 Å². The van der Waals surface area contributed by atoms with E-state index in [1.165, 1.54) is 5.56 Å². The molecule has 0 spiro atoms. The van der Waals surface area contributed by atoms with Crippen LogP contribution in [-0.4, -0.2) is 30.3 Å². The van der Waals surface area contributed by atoms with E-state index in [0.717, 1.165) is 30.2 Å². The maximum atomic E-state index is 4.26. The normalized spacial score (nSPS) is 10.3. The summed E-state index contributed by atoms with van der Waals surface area (Å²) in [6.07, 6.45) is 0. The summed E-state index contributed by atoms with van der Waals surface area (Å²) in [6, 6.07) is 12.1. The van der Waals surface area contributed by atoms with Crippen molar-refractivity contribution >= 4 is 5.82 Å². The van der Waals surface area contributed by atoms with E-state index < -0.39 is 0 Å². The zero-order valence-corrected chi connectivity index (χ0v) is 10.8. The molecule has 2 rings (SSSR count). The minimum absolute atomic E-state index is 0.808. The molecule has 1 aromatic heterocycles. The lowest BCUT2D eigenvalue weighted by Gasteiger charge is -2.06. The summed E-state index contributed by atoms with van der Waals surface area (Å²) >= 11 is 0. The molecule has 0 unspecified atom stereocenters. The van der Waals surface area contributed by atoms with Crippen LogP contribution in [0.5, 0.6) is 0 Å². The monoisotopic (exact) mass is 242 g/mol. The zero-order valence-electron chi connectivity index (χ0n) is 10.8. The number of nitrogens with one attached hydrogen (secondary N) is 2. The standard InChI is InChI=1S/C14H18N4/c1-11-5-3-4-6-12(11)13-7-8-14(18-17-13)16-10-9-15-2/h3-8,15H,9-10H2,1-2H3,(H,16,18). The average molecular weight is 242 g/mol. The molecule has 0 saturated heterocycles. The topological polar surface area (TPSA) is 49.8 Å². The van der Waals surface area contributed by atoms with Crippen LogP contribution in [0, 0.1) is 6.92 Å². The minimum Gasteiger partial charge on any atom is -0.367 e. The number of hydrogen-bond acceptors (Lipinski definition) is 4. The smallest absolute Gasteiger partial charge is 0.148 e. The number of anilines is 1. The first-order chi connectivity index (χ1) is 8.81. The molecule has 0 radical (unpaired) electrons. The summed E-state index contributed by atoms with van der Waals surface area (Å²) in [4.78, 5) is 0. The molecule has 0 aliphatic heterocycles. The number of rotatable bonds is 5. The van der Waals surface area contributed by atoms with Crippen LogP contribution in [0.25, 0.3) is 11.3 Å². The van der Waals surface area contributed by atoms with Crippen molar-refractivity contribution in [3.8, 4) is 11.3 Å². The molecule has 2 aromatic rings. The fraction of sp³-hybridized carbons (Fsp3) is 0.286. The molecule has 0 amide bonds. The van der Waals surface area contributed by atoms with Crippen LogP contribution >= 0.6 is 0 Å². The summed E-state index contributed by atoms with van der Waals surface area (Å²) in [5, 5.41) is 14.7. The lowest BCUT2D eigenvalue weighted by atomic mass is 10.1.